The number of hydrogen-bond acceptors (Lipinski definition) is 5. The Balaban J connectivity index is 1.86. The van der Waals surface area contributed by atoms with Crippen LogP contribution in [0.25, 0.3) is 10.9 Å². The summed E-state index contributed by atoms with van der Waals surface area (Å²) in [4.78, 5) is 30.0. The number of hydrogen-bond donors (Lipinski definition) is 1. The minimum absolute atomic E-state index is 0.0933. The van der Waals surface area contributed by atoms with E-state index in [-0.39, 0.29) is 11.5 Å². The first-order valence-electron chi connectivity index (χ1n) is 9.00. The molecule has 0 bridgehead atoms. The molecule has 1 atom stereocenters. The minimum Gasteiger partial charge on any atom is -0.325 e. The number of fused-ring (bicyclic) bond motifs is 1. The molecular weight excluding hydrogens is 372 g/mol. The number of anilines is 1. The first kappa shape index (κ1) is 19.6. The van der Waals surface area contributed by atoms with Gasteiger partial charge in [0, 0.05) is 12.2 Å². The number of nitriles is 1. The lowest BCUT2D eigenvalue weighted by molar-refractivity contribution is -0.115. The van der Waals surface area contributed by atoms with Gasteiger partial charge in [0.1, 0.15) is 0 Å². The SMILES string of the molecule is CCCn1c(S[C@@H](C)C(=O)Nc2cccc(C#N)c2)nc2ccccc2c1=O. The van der Waals surface area contributed by atoms with E-state index in [1.165, 1.54) is 11.8 Å². The highest BCUT2D eigenvalue weighted by molar-refractivity contribution is 8.00. The van der Waals surface area contributed by atoms with Gasteiger partial charge in [0.25, 0.3) is 5.56 Å². The molecule has 3 rings (SSSR count). The Morgan fingerprint density at radius 3 is 2.82 bits per heavy atom. The molecule has 2 aromatic carbocycles. The van der Waals surface area contributed by atoms with E-state index in [2.05, 4.69) is 10.3 Å². The summed E-state index contributed by atoms with van der Waals surface area (Å²) >= 11 is 1.25. The van der Waals surface area contributed by atoms with E-state index in [0.717, 1.165) is 6.42 Å². The Hall–Kier alpha value is -3.11. The third-order valence-electron chi connectivity index (χ3n) is 4.18. The maximum Gasteiger partial charge on any atom is 0.262 e. The zero-order valence-corrected chi connectivity index (χ0v) is 16.5. The van der Waals surface area contributed by atoms with Crippen molar-refractivity contribution in [1.29, 1.82) is 5.26 Å². The normalized spacial score (nSPS) is 11.8. The van der Waals surface area contributed by atoms with Crippen LogP contribution in [0.2, 0.25) is 0 Å². The highest BCUT2D eigenvalue weighted by atomic mass is 32.2. The van der Waals surface area contributed by atoms with Gasteiger partial charge in [0.2, 0.25) is 5.91 Å². The number of aromatic nitrogens is 2. The number of carbonyl (C=O) groups excluding carboxylic acids is 1. The van der Waals surface area contributed by atoms with Crippen LogP contribution < -0.4 is 10.9 Å². The van der Waals surface area contributed by atoms with Gasteiger partial charge in [0.15, 0.2) is 5.16 Å². The zero-order valence-electron chi connectivity index (χ0n) is 15.7. The van der Waals surface area contributed by atoms with Gasteiger partial charge in [-0.25, -0.2) is 4.98 Å². The number of benzene rings is 2. The summed E-state index contributed by atoms with van der Waals surface area (Å²) in [7, 11) is 0. The zero-order chi connectivity index (χ0) is 20.1. The van der Waals surface area contributed by atoms with E-state index in [1.54, 1.807) is 47.9 Å². The number of rotatable bonds is 6. The molecule has 0 aliphatic carbocycles. The third kappa shape index (κ3) is 4.24. The van der Waals surface area contributed by atoms with Crippen molar-refractivity contribution in [3.63, 3.8) is 0 Å². The van der Waals surface area contributed by atoms with Crippen molar-refractivity contribution < 1.29 is 4.79 Å². The Morgan fingerprint density at radius 1 is 1.29 bits per heavy atom. The van der Waals surface area contributed by atoms with Gasteiger partial charge in [-0.1, -0.05) is 36.9 Å². The molecule has 1 amide bonds. The van der Waals surface area contributed by atoms with E-state index >= 15 is 0 Å². The third-order valence-corrected chi connectivity index (χ3v) is 5.27. The molecule has 0 aliphatic heterocycles. The summed E-state index contributed by atoms with van der Waals surface area (Å²) in [6.45, 7) is 4.30. The van der Waals surface area contributed by atoms with Crippen LogP contribution in [0.3, 0.4) is 0 Å². The van der Waals surface area contributed by atoms with Crippen LogP contribution in [-0.2, 0) is 11.3 Å². The Morgan fingerprint density at radius 2 is 2.07 bits per heavy atom. The van der Waals surface area contributed by atoms with Crippen LogP contribution in [0.15, 0.2) is 58.5 Å². The van der Waals surface area contributed by atoms with E-state index in [4.69, 9.17) is 5.26 Å². The number of nitrogens with zero attached hydrogens (tertiary/aromatic N) is 3. The minimum atomic E-state index is -0.470. The van der Waals surface area contributed by atoms with Crippen molar-refractivity contribution in [3.8, 4) is 6.07 Å². The topological polar surface area (TPSA) is 87.8 Å². The number of amides is 1. The standard InChI is InChI=1S/C21H20N4O2S/c1-3-11-25-20(27)17-9-4-5-10-18(17)24-21(25)28-14(2)19(26)23-16-8-6-7-15(12-16)13-22/h4-10,12,14H,3,11H2,1-2H3,(H,23,26)/t14-/m0/s1. The number of thioether (sulfide) groups is 1. The lowest BCUT2D eigenvalue weighted by Gasteiger charge is -2.16. The number of nitrogens with one attached hydrogen (secondary N) is 1. The van der Waals surface area contributed by atoms with Crippen molar-refractivity contribution in [1.82, 2.24) is 9.55 Å². The molecule has 0 fully saturated rings. The summed E-state index contributed by atoms with van der Waals surface area (Å²) in [5.41, 5.74) is 1.57. The van der Waals surface area contributed by atoms with Crippen LogP contribution in [0.5, 0.6) is 0 Å². The van der Waals surface area contributed by atoms with Gasteiger partial charge in [-0.15, -0.1) is 0 Å². The maximum atomic E-state index is 12.8. The molecular formula is C21H20N4O2S. The molecule has 0 saturated heterocycles. The number of para-hydroxylation sites is 1. The summed E-state index contributed by atoms with van der Waals surface area (Å²) in [5.74, 6) is -0.217. The second-order valence-electron chi connectivity index (χ2n) is 6.31. The van der Waals surface area contributed by atoms with Crippen molar-refractivity contribution in [2.45, 2.75) is 37.2 Å². The summed E-state index contributed by atoms with van der Waals surface area (Å²) in [5, 5.41) is 12.4. The predicted molar refractivity (Wildman–Crippen MR) is 111 cm³/mol. The van der Waals surface area contributed by atoms with Gasteiger partial charge in [-0.2, -0.15) is 5.26 Å². The first-order valence-corrected chi connectivity index (χ1v) is 9.88. The molecule has 1 aromatic heterocycles. The van der Waals surface area contributed by atoms with Gasteiger partial charge in [-0.3, -0.25) is 14.2 Å². The summed E-state index contributed by atoms with van der Waals surface area (Å²) < 4.78 is 1.63. The lowest BCUT2D eigenvalue weighted by Crippen LogP contribution is -2.27. The fraction of sp³-hybridized carbons (Fsp3) is 0.238. The first-order chi connectivity index (χ1) is 13.5. The van der Waals surface area contributed by atoms with Gasteiger partial charge < -0.3 is 5.32 Å². The lowest BCUT2D eigenvalue weighted by atomic mass is 10.2. The molecule has 6 nitrogen and oxygen atoms in total. The van der Waals surface area contributed by atoms with Crippen LogP contribution in [0.1, 0.15) is 25.8 Å². The molecule has 3 aromatic rings. The number of carbonyl (C=O) groups is 1. The fourth-order valence-corrected chi connectivity index (χ4v) is 3.72. The van der Waals surface area contributed by atoms with Gasteiger partial charge in [-0.05, 0) is 43.7 Å². The molecule has 142 valence electrons. The molecule has 0 aliphatic rings. The van der Waals surface area contributed by atoms with Crippen molar-refractivity contribution in [3.05, 3.63) is 64.4 Å². The average Bonchev–Trinajstić information content (AvgIpc) is 2.71. The van der Waals surface area contributed by atoms with Crippen LogP contribution >= 0.6 is 11.8 Å². The van der Waals surface area contributed by atoms with Crippen molar-refractivity contribution in [2.24, 2.45) is 0 Å². The quantitative estimate of drug-likeness (QED) is 0.509. The maximum absolute atomic E-state index is 12.8. The highest BCUT2D eigenvalue weighted by Crippen LogP contribution is 2.24. The fourth-order valence-electron chi connectivity index (χ4n) is 2.78. The molecule has 0 spiro atoms. The van der Waals surface area contributed by atoms with Crippen LogP contribution in [-0.4, -0.2) is 20.7 Å². The molecule has 7 heteroatoms. The molecule has 1 N–H and O–H groups in total. The van der Waals surface area contributed by atoms with E-state index in [1.807, 2.05) is 25.1 Å². The van der Waals surface area contributed by atoms with Crippen molar-refractivity contribution >= 4 is 34.3 Å². The summed E-state index contributed by atoms with van der Waals surface area (Å²) in [6.07, 6.45) is 0.787. The second-order valence-corrected chi connectivity index (χ2v) is 7.62. The largest absolute Gasteiger partial charge is 0.325 e. The molecule has 28 heavy (non-hydrogen) atoms. The Labute approximate surface area is 167 Å². The van der Waals surface area contributed by atoms with Crippen molar-refractivity contribution in [2.75, 3.05) is 5.32 Å². The van der Waals surface area contributed by atoms with Crippen LogP contribution in [0.4, 0.5) is 5.69 Å². The van der Waals surface area contributed by atoms with Crippen LogP contribution in [0, 0.1) is 11.3 Å². The second kappa shape index (κ2) is 8.72. The van der Waals surface area contributed by atoms with Gasteiger partial charge in [0.05, 0.1) is 27.8 Å². The Kier molecular flexibility index (Phi) is 6.12. The van der Waals surface area contributed by atoms with E-state index in [9.17, 15) is 9.59 Å². The smallest absolute Gasteiger partial charge is 0.262 e. The predicted octanol–water partition coefficient (Wildman–Crippen LogP) is 3.80. The Bertz CT molecular complexity index is 1120. The highest BCUT2D eigenvalue weighted by Gasteiger charge is 2.19. The van der Waals surface area contributed by atoms with E-state index in [0.29, 0.717) is 33.9 Å². The molecule has 1 heterocycles. The van der Waals surface area contributed by atoms with Gasteiger partial charge >= 0.3 is 0 Å². The molecule has 0 saturated carbocycles. The van der Waals surface area contributed by atoms with E-state index < -0.39 is 5.25 Å². The molecule has 0 unspecified atom stereocenters. The average molecular weight is 392 g/mol. The summed E-state index contributed by atoms with van der Waals surface area (Å²) in [6, 6.07) is 16.0. The molecule has 0 radical (unpaired) electrons. The monoisotopic (exact) mass is 392 g/mol.